The number of hydrogen-bond acceptors (Lipinski definition) is 3. The molecule has 0 saturated heterocycles. The number of hydrogen-bond donors (Lipinski definition) is 0. The highest BCUT2D eigenvalue weighted by molar-refractivity contribution is 6.83. The van der Waals surface area contributed by atoms with Crippen molar-refractivity contribution >= 4 is 23.2 Å². The summed E-state index contributed by atoms with van der Waals surface area (Å²) in [6, 6.07) is 16.0. The molecule has 0 aromatic heterocycles. The van der Waals surface area contributed by atoms with Gasteiger partial charge in [0.1, 0.15) is 0 Å². The Bertz CT molecular complexity index is 412. The van der Waals surface area contributed by atoms with E-state index in [2.05, 4.69) is 69.5 Å². The van der Waals surface area contributed by atoms with Crippen LogP contribution in [-0.2, 0) is 8.85 Å². The minimum Gasteiger partial charge on any atom is -0.397 e. The third kappa shape index (κ3) is 6.02. The van der Waals surface area contributed by atoms with Crippen LogP contribution in [0.5, 0.6) is 0 Å². The molecule has 0 aliphatic carbocycles. The lowest BCUT2D eigenvalue weighted by atomic mass is 10.3. The Balaban J connectivity index is 2.83. The average molecular weight is 368 g/mol. The van der Waals surface area contributed by atoms with Gasteiger partial charge in [0.2, 0.25) is 0 Å². The maximum Gasteiger partial charge on any atom is 0.321 e. The minimum atomic E-state index is -1.48. The molecule has 5 heteroatoms. The van der Waals surface area contributed by atoms with Gasteiger partial charge in [-0.25, -0.2) is 0 Å². The van der Waals surface area contributed by atoms with Crippen molar-refractivity contribution in [2.45, 2.75) is 65.2 Å². The zero-order chi connectivity index (χ0) is 17.8. The van der Waals surface area contributed by atoms with Crippen molar-refractivity contribution in [2.75, 3.05) is 24.3 Å². The first-order valence-corrected chi connectivity index (χ1v) is 14.1. The number of nitrogens with zero attached hydrogens (tertiary/aromatic N) is 1. The second kappa shape index (κ2) is 11.8. The summed E-state index contributed by atoms with van der Waals surface area (Å²) in [5.74, 6) is 0. The van der Waals surface area contributed by atoms with Crippen molar-refractivity contribution in [2.24, 2.45) is 0 Å². The molecule has 0 aliphatic heterocycles. The number of para-hydroxylation sites is 1. The molecule has 1 rings (SSSR count). The molecule has 24 heavy (non-hydrogen) atoms. The highest BCUT2D eigenvalue weighted by atomic mass is 28.3. The maximum atomic E-state index is 5.84. The van der Waals surface area contributed by atoms with Gasteiger partial charge in [-0.2, -0.15) is 0 Å². The lowest BCUT2D eigenvalue weighted by Gasteiger charge is -2.43. The van der Waals surface area contributed by atoms with Crippen molar-refractivity contribution in [3.8, 4) is 0 Å². The molecule has 0 N–H and O–H groups in total. The first kappa shape index (κ1) is 21.4. The van der Waals surface area contributed by atoms with Crippen LogP contribution in [0.1, 0.15) is 41.0 Å². The van der Waals surface area contributed by atoms with Crippen molar-refractivity contribution < 1.29 is 8.85 Å². The Morgan fingerprint density at radius 2 is 1.42 bits per heavy atom. The molecule has 0 fully saturated rings. The molecule has 0 radical (unpaired) electrons. The fourth-order valence-corrected chi connectivity index (χ4v) is 9.24. The smallest absolute Gasteiger partial charge is 0.321 e. The van der Waals surface area contributed by atoms with Crippen molar-refractivity contribution in [1.29, 1.82) is 0 Å². The van der Waals surface area contributed by atoms with Gasteiger partial charge in [0.15, 0.2) is 8.24 Å². The summed E-state index contributed by atoms with van der Waals surface area (Å²) in [6.45, 7) is 14.0. The second-order valence-electron chi connectivity index (χ2n) is 6.25. The summed E-state index contributed by atoms with van der Waals surface area (Å²) < 4.78 is 14.5. The Kier molecular flexibility index (Phi) is 10.6. The van der Waals surface area contributed by atoms with Gasteiger partial charge in [0, 0.05) is 25.4 Å². The third-order valence-corrected chi connectivity index (χ3v) is 13.0. The molecule has 3 nitrogen and oxygen atoms in total. The number of rotatable bonds is 13. The topological polar surface area (TPSA) is 21.7 Å². The SMILES string of the molecule is CCO[SiH](CCCN(c1ccccc1)[Si](CC)(CC)CC)OCC. The van der Waals surface area contributed by atoms with E-state index in [-0.39, 0.29) is 0 Å². The Morgan fingerprint density at radius 1 is 0.875 bits per heavy atom. The quantitative estimate of drug-likeness (QED) is 0.448. The van der Waals surface area contributed by atoms with Gasteiger partial charge in [-0.05, 0) is 56.6 Å². The van der Waals surface area contributed by atoms with E-state index < -0.39 is 17.5 Å². The average Bonchev–Trinajstić information content (AvgIpc) is 2.63. The van der Waals surface area contributed by atoms with Gasteiger partial charge in [-0.3, -0.25) is 0 Å². The molecule has 0 aliphatic rings. The lowest BCUT2D eigenvalue weighted by Crippen LogP contribution is -2.53. The Labute approximate surface area is 152 Å². The van der Waals surface area contributed by atoms with Crippen molar-refractivity contribution in [3.05, 3.63) is 30.3 Å². The standard InChI is InChI=1S/C19H37NO2Si2/c1-6-21-23(22-7-2)18-14-17-20(19-15-12-11-13-16-19)24(8-3,9-4)10-5/h11-13,15-16,23H,6-10,14,17-18H2,1-5H3. The van der Waals surface area contributed by atoms with E-state index in [0.717, 1.165) is 25.8 Å². The molecule has 0 unspecified atom stereocenters. The largest absolute Gasteiger partial charge is 0.397 e. The molecule has 0 saturated carbocycles. The van der Waals surface area contributed by atoms with Gasteiger partial charge in [-0.1, -0.05) is 39.0 Å². The predicted molar refractivity (Wildman–Crippen MR) is 111 cm³/mol. The molecule has 0 atom stereocenters. The Hall–Kier alpha value is -0.626. The molecule has 0 bridgehead atoms. The lowest BCUT2D eigenvalue weighted by molar-refractivity contribution is 0.213. The highest BCUT2D eigenvalue weighted by Crippen LogP contribution is 2.30. The molecule has 1 aromatic rings. The maximum absolute atomic E-state index is 5.84. The van der Waals surface area contributed by atoms with E-state index in [4.69, 9.17) is 8.85 Å². The zero-order valence-electron chi connectivity index (χ0n) is 16.4. The predicted octanol–water partition coefficient (Wildman–Crippen LogP) is 5.18. The summed E-state index contributed by atoms with van der Waals surface area (Å²) in [5, 5.41) is 0. The van der Waals surface area contributed by atoms with E-state index in [1.165, 1.54) is 30.2 Å². The van der Waals surface area contributed by atoms with Crippen LogP contribution < -0.4 is 4.57 Å². The summed E-state index contributed by atoms with van der Waals surface area (Å²) in [7, 11) is -2.91. The van der Waals surface area contributed by atoms with Crippen LogP contribution in [0.3, 0.4) is 0 Å². The normalized spacial score (nSPS) is 11.9. The summed E-state index contributed by atoms with van der Waals surface area (Å²) in [4.78, 5) is 0. The number of anilines is 1. The third-order valence-electron chi connectivity index (χ3n) is 5.14. The van der Waals surface area contributed by atoms with Gasteiger partial charge in [-0.15, -0.1) is 0 Å². The molecule has 138 valence electrons. The molecule has 0 heterocycles. The summed E-state index contributed by atoms with van der Waals surface area (Å²) in [6.07, 6.45) is 1.17. The van der Waals surface area contributed by atoms with E-state index in [0.29, 0.717) is 0 Å². The van der Waals surface area contributed by atoms with Crippen molar-refractivity contribution in [3.63, 3.8) is 0 Å². The van der Waals surface area contributed by atoms with Crippen LogP contribution in [0, 0.1) is 0 Å². The molecule has 1 aromatic carbocycles. The van der Waals surface area contributed by atoms with E-state index >= 15 is 0 Å². The van der Waals surface area contributed by atoms with Crippen LogP contribution in [0.2, 0.25) is 24.2 Å². The molecule has 0 amide bonds. The Morgan fingerprint density at radius 3 is 1.88 bits per heavy atom. The van der Waals surface area contributed by atoms with Gasteiger partial charge in [0.05, 0.1) is 0 Å². The number of benzene rings is 1. The summed E-state index contributed by atoms with van der Waals surface area (Å²) >= 11 is 0. The molecule has 0 spiro atoms. The van der Waals surface area contributed by atoms with Gasteiger partial charge in [0.25, 0.3) is 0 Å². The molecular formula is C19H37NO2Si2. The fourth-order valence-electron chi connectivity index (χ4n) is 3.57. The van der Waals surface area contributed by atoms with Crippen LogP contribution in [0.25, 0.3) is 0 Å². The van der Waals surface area contributed by atoms with Crippen molar-refractivity contribution in [1.82, 2.24) is 0 Å². The first-order valence-electron chi connectivity index (χ1n) is 9.73. The zero-order valence-corrected chi connectivity index (χ0v) is 18.5. The minimum absolute atomic E-state index is 0.775. The molecular weight excluding hydrogens is 330 g/mol. The van der Waals surface area contributed by atoms with Crippen LogP contribution in [-0.4, -0.2) is 37.3 Å². The van der Waals surface area contributed by atoms with Crippen LogP contribution >= 0.6 is 0 Å². The van der Waals surface area contributed by atoms with Crippen LogP contribution in [0.4, 0.5) is 5.69 Å². The summed E-state index contributed by atoms with van der Waals surface area (Å²) in [5.41, 5.74) is 1.40. The second-order valence-corrected chi connectivity index (χ2v) is 13.5. The van der Waals surface area contributed by atoms with E-state index in [9.17, 15) is 0 Å². The monoisotopic (exact) mass is 367 g/mol. The fraction of sp³-hybridized carbons (Fsp3) is 0.684. The van der Waals surface area contributed by atoms with E-state index in [1.807, 2.05) is 0 Å². The highest BCUT2D eigenvalue weighted by Gasteiger charge is 2.34. The van der Waals surface area contributed by atoms with Crippen LogP contribution in [0.15, 0.2) is 30.3 Å². The van der Waals surface area contributed by atoms with Gasteiger partial charge < -0.3 is 13.4 Å². The van der Waals surface area contributed by atoms with E-state index in [1.54, 1.807) is 0 Å². The van der Waals surface area contributed by atoms with Gasteiger partial charge >= 0.3 is 9.28 Å². The first-order chi connectivity index (χ1) is 11.7.